The predicted molar refractivity (Wildman–Crippen MR) is 175 cm³/mol. The molecule has 0 amide bonds. The van der Waals surface area contributed by atoms with Gasteiger partial charge in [-0.15, -0.1) is 0 Å². The Balaban J connectivity index is 1.35. The summed E-state index contributed by atoms with van der Waals surface area (Å²) in [6, 6.07) is 47.9. The molecule has 6 aromatic carbocycles. The summed E-state index contributed by atoms with van der Waals surface area (Å²) in [5.41, 5.74) is 20.1. The lowest BCUT2D eigenvalue weighted by molar-refractivity contribution is 1.30. The molecule has 0 spiro atoms. The van der Waals surface area contributed by atoms with Crippen LogP contribution in [0.5, 0.6) is 0 Å². The number of aryl methyl sites for hydroxylation is 1. The largest absolute Gasteiger partial charge is 0.376 e. The molecule has 188 valence electrons. The summed E-state index contributed by atoms with van der Waals surface area (Å²) >= 11 is 0. The molecule has 6 aromatic rings. The first kappa shape index (κ1) is 21.8. The molecule has 10 rings (SSSR count). The van der Waals surface area contributed by atoms with Crippen molar-refractivity contribution in [2.75, 3.05) is 9.62 Å². The summed E-state index contributed by atoms with van der Waals surface area (Å²) in [4.78, 5) is 5.22. The van der Waals surface area contributed by atoms with Gasteiger partial charge >= 0.3 is 13.7 Å². The van der Waals surface area contributed by atoms with E-state index in [4.69, 9.17) is 0 Å². The molecule has 4 aliphatic rings. The average molecular weight is 518 g/mol. The minimum Gasteiger partial charge on any atom is -0.376 e. The topological polar surface area (TPSA) is 6.48 Å². The Morgan fingerprint density at radius 1 is 0.390 bits per heavy atom. The zero-order chi connectivity index (χ0) is 26.8. The minimum atomic E-state index is 0.121. The molecule has 41 heavy (non-hydrogen) atoms. The highest BCUT2D eigenvalue weighted by atomic mass is 15.1. The number of rotatable bonds is 0. The van der Waals surface area contributed by atoms with Gasteiger partial charge in [-0.3, -0.25) is 0 Å². The number of anilines is 4. The normalized spacial score (nSPS) is 14.3. The van der Waals surface area contributed by atoms with E-state index in [1.165, 1.54) is 83.5 Å². The van der Waals surface area contributed by atoms with Gasteiger partial charge in [-0.1, -0.05) is 109 Å². The smallest absolute Gasteiger partial charge is 0.329 e. The van der Waals surface area contributed by atoms with E-state index in [-0.39, 0.29) is 13.7 Å². The standard InChI is InChI=1S/C37H24B2N2/c1-23-20-21-29-27(22-23)26-12-4-7-17-33(26)41-35-19-9-18-34-37(35)36-30(14-8-15-31(36)39(29)41)38-28-13-5-2-10-24(28)25-11-3-6-16-32(25)40(34)38/h2-22H,1H3. The van der Waals surface area contributed by atoms with E-state index in [2.05, 4.69) is 144 Å². The molecule has 0 N–H and O–H groups in total. The molecule has 0 saturated heterocycles. The van der Waals surface area contributed by atoms with Gasteiger partial charge in [0, 0.05) is 39.4 Å². The van der Waals surface area contributed by atoms with Crippen molar-refractivity contribution >= 4 is 58.3 Å². The zero-order valence-corrected chi connectivity index (χ0v) is 22.7. The van der Waals surface area contributed by atoms with Crippen molar-refractivity contribution in [2.24, 2.45) is 0 Å². The van der Waals surface area contributed by atoms with Crippen LogP contribution in [0.2, 0.25) is 0 Å². The zero-order valence-electron chi connectivity index (χ0n) is 22.7. The van der Waals surface area contributed by atoms with Crippen LogP contribution in [0, 0.1) is 6.92 Å². The lowest BCUT2D eigenvalue weighted by Crippen LogP contribution is -2.65. The van der Waals surface area contributed by atoms with Crippen LogP contribution in [0.1, 0.15) is 5.56 Å². The molecule has 0 aromatic heterocycles. The number of fused-ring (bicyclic) bond motifs is 16. The second-order valence-corrected chi connectivity index (χ2v) is 11.7. The molecule has 0 fully saturated rings. The maximum absolute atomic E-state index is 2.61. The number of para-hydroxylation sites is 2. The Morgan fingerprint density at radius 2 is 0.878 bits per heavy atom. The van der Waals surface area contributed by atoms with E-state index in [9.17, 15) is 0 Å². The second kappa shape index (κ2) is 7.62. The van der Waals surface area contributed by atoms with E-state index < -0.39 is 0 Å². The number of hydrogen-bond acceptors (Lipinski definition) is 2. The summed E-state index contributed by atoms with van der Waals surface area (Å²) in [6.45, 7) is 2.45. The fourth-order valence-corrected chi connectivity index (χ4v) is 8.17. The van der Waals surface area contributed by atoms with Crippen LogP contribution in [0.25, 0.3) is 33.4 Å². The van der Waals surface area contributed by atoms with Crippen molar-refractivity contribution in [2.45, 2.75) is 6.92 Å². The fraction of sp³-hybridized carbons (Fsp3) is 0.0270. The minimum absolute atomic E-state index is 0.121. The lowest BCUT2D eigenvalue weighted by atomic mass is 9.37. The van der Waals surface area contributed by atoms with Crippen molar-refractivity contribution in [1.29, 1.82) is 0 Å². The Kier molecular flexibility index (Phi) is 4.05. The maximum atomic E-state index is 2.61. The van der Waals surface area contributed by atoms with Crippen LogP contribution < -0.4 is 31.5 Å². The van der Waals surface area contributed by atoms with Crippen molar-refractivity contribution < 1.29 is 0 Å². The predicted octanol–water partition coefficient (Wildman–Crippen LogP) is 6.14. The summed E-state index contributed by atoms with van der Waals surface area (Å²) in [5, 5.41) is 0. The van der Waals surface area contributed by atoms with E-state index >= 15 is 0 Å². The summed E-state index contributed by atoms with van der Waals surface area (Å²) in [5.74, 6) is 0. The molecule has 2 nitrogen and oxygen atoms in total. The maximum Gasteiger partial charge on any atom is 0.329 e. The van der Waals surface area contributed by atoms with Gasteiger partial charge in [0.15, 0.2) is 0 Å². The summed E-state index contributed by atoms with van der Waals surface area (Å²) in [6.07, 6.45) is 0. The van der Waals surface area contributed by atoms with E-state index in [0.717, 1.165) is 0 Å². The van der Waals surface area contributed by atoms with Gasteiger partial charge in [-0.2, -0.15) is 0 Å². The number of benzene rings is 6. The summed E-state index contributed by atoms with van der Waals surface area (Å²) < 4.78 is 0. The Hall–Kier alpha value is -4.95. The molecule has 0 bridgehead atoms. The summed E-state index contributed by atoms with van der Waals surface area (Å²) in [7, 11) is 0. The second-order valence-electron chi connectivity index (χ2n) is 11.7. The van der Waals surface area contributed by atoms with E-state index in [1.54, 1.807) is 0 Å². The first-order valence-corrected chi connectivity index (χ1v) is 14.5. The average Bonchev–Trinajstić information content (AvgIpc) is 3.03. The van der Waals surface area contributed by atoms with Crippen LogP contribution in [-0.2, 0) is 0 Å². The van der Waals surface area contributed by atoms with Crippen molar-refractivity contribution in [3.8, 4) is 33.4 Å². The Bertz CT molecular complexity index is 2120. The van der Waals surface area contributed by atoms with Gasteiger partial charge in [-0.25, -0.2) is 0 Å². The monoisotopic (exact) mass is 518 g/mol. The molecule has 4 heterocycles. The van der Waals surface area contributed by atoms with Gasteiger partial charge in [0.1, 0.15) is 0 Å². The van der Waals surface area contributed by atoms with Crippen LogP contribution in [0.15, 0.2) is 127 Å². The van der Waals surface area contributed by atoms with E-state index in [0.29, 0.717) is 0 Å². The molecule has 0 saturated carbocycles. The highest BCUT2D eigenvalue weighted by molar-refractivity contribution is 6.97. The Labute approximate surface area is 240 Å². The third-order valence-electron chi connectivity index (χ3n) is 9.69. The van der Waals surface area contributed by atoms with Gasteiger partial charge < -0.3 is 9.62 Å². The number of nitrogens with zero attached hydrogens (tertiary/aromatic N) is 2. The van der Waals surface area contributed by atoms with Crippen LogP contribution >= 0.6 is 0 Å². The molecule has 0 atom stereocenters. The molecule has 4 heteroatoms. The van der Waals surface area contributed by atoms with Gasteiger partial charge in [0.25, 0.3) is 0 Å². The molecule has 0 unspecified atom stereocenters. The van der Waals surface area contributed by atoms with Crippen LogP contribution in [0.3, 0.4) is 0 Å². The quantitative estimate of drug-likeness (QED) is 0.223. The third kappa shape index (κ3) is 2.61. The molecule has 4 aliphatic heterocycles. The van der Waals surface area contributed by atoms with Crippen molar-refractivity contribution in [3.63, 3.8) is 0 Å². The lowest BCUT2D eigenvalue weighted by Gasteiger charge is -2.49. The highest BCUT2D eigenvalue weighted by Gasteiger charge is 2.49. The SMILES string of the molecule is Cc1ccc2c(c1)-c1ccccc1N1B2c2cccc3c2-c2c(cccc21)N1B3c2ccccc2-c2ccccc21. The van der Waals surface area contributed by atoms with Crippen LogP contribution in [-0.4, -0.2) is 13.7 Å². The van der Waals surface area contributed by atoms with Gasteiger partial charge in [0.05, 0.1) is 0 Å². The van der Waals surface area contributed by atoms with Crippen LogP contribution in [0.4, 0.5) is 22.7 Å². The number of hydrogen-bond donors (Lipinski definition) is 0. The van der Waals surface area contributed by atoms with Crippen molar-refractivity contribution in [1.82, 2.24) is 0 Å². The fourth-order valence-electron chi connectivity index (χ4n) is 8.17. The van der Waals surface area contributed by atoms with E-state index in [1.807, 2.05) is 0 Å². The highest BCUT2D eigenvalue weighted by Crippen LogP contribution is 2.53. The molecule has 0 aliphatic carbocycles. The van der Waals surface area contributed by atoms with Gasteiger partial charge in [-0.05, 0) is 69.7 Å². The molecule has 0 radical (unpaired) electrons. The molecular weight excluding hydrogens is 494 g/mol. The van der Waals surface area contributed by atoms with Gasteiger partial charge in [0.2, 0.25) is 0 Å². The first-order chi connectivity index (χ1) is 20.3. The van der Waals surface area contributed by atoms with Crippen molar-refractivity contribution in [3.05, 3.63) is 133 Å². The first-order valence-electron chi connectivity index (χ1n) is 14.5. The molecular formula is C37H24B2N2. The third-order valence-corrected chi connectivity index (χ3v) is 9.69. The Morgan fingerprint density at radius 3 is 1.56 bits per heavy atom.